The molecular formula is C9H8N4S. The van der Waals surface area contributed by atoms with Crippen LogP contribution >= 0.6 is 12.6 Å². The first kappa shape index (κ1) is 10.4. The van der Waals surface area contributed by atoms with E-state index >= 15 is 0 Å². The Morgan fingerprint density at radius 3 is 2.79 bits per heavy atom. The van der Waals surface area contributed by atoms with E-state index in [0.29, 0.717) is 12.3 Å². The number of rotatable bonds is 3. The quantitative estimate of drug-likeness (QED) is 0.592. The van der Waals surface area contributed by atoms with Crippen molar-refractivity contribution in [3.63, 3.8) is 0 Å². The Morgan fingerprint density at radius 1 is 1.57 bits per heavy atom. The fourth-order valence-electron chi connectivity index (χ4n) is 0.992. The van der Waals surface area contributed by atoms with Gasteiger partial charge in [0.05, 0.1) is 6.33 Å². The minimum atomic E-state index is 0.152. The number of thiol groups is 1. The summed E-state index contributed by atoms with van der Waals surface area (Å²) < 4.78 is 1.59. The summed E-state index contributed by atoms with van der Waals surface area (Å²) in [6.07, 6.45) is 1.46. The van der Waals surface area contributed by atoms with E-state index in [1.165, 1.54) is 6.33 Å². The molecule has 1 aromatic rings. The normalized spacial score (nSPS) is 9.07. The average Bonchev–Trinajstić information content (AvgIpc) is 2.59. The Bertz CT molecular complexity index is 433. The van der Waals surface area contributed by atoms with Gasteiger partial charge in [-0.25, -0.2) is 4.98 Å². The summed E-state index contributed by atoms with van der Waals surface area (Å²) in [4.78, 5) is 3.81. The van der Waals surface area contributed by atoms with Crippen LogP contribution in [0.25, 0.3) is 0 Å². The second kappa shape index (κ2) is 4.50. The summed E-state index contributed by atoms with van der Waals surface area (Å²) in [7, 11) is 0. The summed E-state index contributed by atoms with van der Waals surface area (Å²) >= 11 is 4.06. The van der Waals surface area contributed by atoms with Gasteiger partial charge in [0.15, 0.2) is 11.4 Å². The van der Waals surface area contributed by atoms with Crippen molar-refractivity contribution in [2.24, 2.45) is 0 Å². The highest BCUT2D eigenvalue weighted by Gasteiger charge is 2.09. The zero-order valence-corrected chi connectivity index (χ0v) is 8.33. The fraction of sp³-hybridized carbons (Fsp3) is 0.222. The van der Waals surface area contributed by atoms with Gasteiger partial charge in [-0.05, 0) is 5.57 Å². The minimum Gasteiger partial charge on any atom is -0.317 e. The van der Waals surface area contributed by atoms with Crippen molar-refractivity contribution >= 4 is 12.6 Å². The predicted octanol–water partition coefficient (Wildman–Crippen LogP) is 1.11. The maximum atomic E-state index is 8.79. The molecule has 0 spiro atoms. The van der Waals surface area contributed by atoms with Gasteiger partial charge in [-0.15, -0.1) is 0 Å². The molecule has 0 aromatic carbocycles. The smallest absolute Gasteiger partial charge is 0.176 e. The monoisotopic (exact) mass is 204 g/mol. The molecule has 1 rings (SSSR count). The molecule has 0 amide bonds. The topological polar surface area (TPSA) is 65.4 Å². The van der Waals surface area contributed by atoms with Crippen molar-refractivity contribution < 1.29 is 0 Å². The van der Waals surface area contributed by atoms with Crippen LogP contribution < -0.4 is 0 Å². The van der Waals surface area contributed by atoms with Gasteiger partial charge in [-0.2, -0.15) is 23.2 Å². The van der Waals surface area contributed by atoms with Crippen molar-refractivity contribution in [2.45, 2.75) is 6.54 Å². The van der Waals surface area contributed by atoms with Gasteiger partial charge in [-0.3, -0.25) is 0 Å². The van der Waals surface area contributed by atoms with E-state index in [2.05, 4.69) is 24.2 Å². The van der Waals surface area contributed by atoms with Crippen LogP contribution in [0.4, 0.5) is 0 Å². The van der Waals surface area contributed by atoms with E-state index in [1.54, 1.807) is 4.57 Å². The lowest BCUT2D eigenvalue weighted by atomic mass is 10.3. The third-order valence-electron chi connectivity index (χ3n) is 1.67. The lowest BCUT2D eigenvalue weighted by Crippen LogP contribution is -2.02. The van der Waals surface area contributed by atoms with Crippen LogP contribution in [-0.2, 0) is 6.54 Å². The summed E-state index contributed by atoms with van der Waals surface area (Å²) in [6, 6.07) is 3.79. The Labute approximate surface area is 87.5 Å². The maximum absolute atomic E-state index is 8.79. The number of hydrogen-bond acceptors (Lipinski definition) is 4. The third kappa shape index (κ3) is 1.95. The van der Waals surface area contributed by atoms with Crippen LogP contribution in [0.2, 0.25) is 0 Å². The molecule has 0 aliphatic rings. The Kier molecular flexibility index (Phi) is 3.33. The summed E-state index contributed by atoms with van der Waals surface area (Å²) in [6.45, 7) is 4.23. The standard InChI is InChI=1S/C9H8N4S/c1-7(5-14)4-13-6-12-8(2-10)9(13)3-11/h6,14H,1,4-5H2. The van der Waals surface area contributed by atoms with E-state index in [-0.39, 0.29) is 11.4 Å². The highest BCUT2D eigenvalue weighted by molar-refractivity contribution is 7.80. The molecule has 0 bridgehead atoms. The third-order valence-corrected chi connectivity index (χ3v) is 2.11. The first-order valence-electron chi connectivity index (χ1n) is 3.85. The molecule has 5 heteroatoms. The molecule has 0 aliphatic heterocycles. The molecule has 0 fully saturated rings. The van der Waals surface area contributed by atoms with Gasteiger partial charge >= 0.3 is 0 Å². The van der Waals surface area contributed by atoms with Crippen LogP contribution in [-0.4, -0.2) is 15.3 Å². The van der Waals surface area contributed by atoms with Crippen molar-refractivity contribution in [2.75, 3.05) is 5.75 Å². The highest BCUT2D eigenvalue weighted by Crippen LogP contribution is 2.08. The van der Waals surface area contributed by atoms with E-state index in [9.17, 15) is 0 Å². The van der Waals surface area contributed by atoms with Crippen LogP contribution in [0.3, 0.4) is 0 Å². The minimum absolute atomic E-state index is 0.152. The molecule has 1 aromatic heterocycles. The second-order valence-electron chi connectivity index (χ2n) is 2.70. The lowest BCUT2D eigenvalue weighted by Gasteiger charge is -2.03. The van der Waals surface area contributed by atoms with Gasteiger partial charge in [0.25, 0.3) is 0 Å². The first-order valence-corrected chi connectivity index (χ1v) is 4.49. The van der Waals surface area contributed by atoms with E-state index in [1.807, 2.05) is 12.1 Å². The molecule has 0 aliphatic carbocycles. The van der Waals surface area contributed by atoms with E-state index < -0.39 is 0 Å². The molecular weight excluding hydrogens is 196 g/mol. The van der Waals surface area contributed by atoms with E-state index in [4.69, 9.17) is 10.5 Å². The van der Waals surface area contributed by atoms with Gasteiger partial charge < -0.3 is 4.57 Å². The lowest BCUT2D eigenvalue weighted by molar-refractivity contribution is 0.776. The van der Waals surface area contributed by atoms with Crippen LogP contribution in [0.5, 0.6) is 0 Å². The molecule has 4 nitrogen and oxygen atoms in total. The summed E-state index contributed by atoms with van der Waals surface area (Å²) in [5.41, 5.74) is 1.29. The van der Waals surface area contributed by atoms with Gasteiger partial charge in [0.2, 0.25) is 0 Å². The van der Waals surface area contributed by atoms with Gasteiger partial charge in [0.1, 0.15) is 12.1 Å². The molecule has 0 unspecified atom stereocenters. The molecule has 0 saturated heterocycles. The Hall–Kier alpha value is -1.72. The number of nitrogens with zero attached hydrogens (tertiary/aromatic N) is 4. The maximum Gasteiger partial charge on any atom is 0.176 e. The summed E-state index contributed by atoms with van der Waals surface area (Å²) in [5, 5.41) is 17.4. The number of nitriles is 2. The molecule has 0 radical (unpaired) electrons. The van der Waals surface area contributed by atoms with Crippen molar-refractivity contribution in [1.29, 1.82) is 10.5 Å². The van der Waals surface area contributed by atoms with Crippen LogP contribution in [0.15, 0.2) is 18.5 Å². The SMILES string of the molecule is C=C(CS)Cn1cnc(C#N)c1C#N. The first-order chi connectivity index (χ1) is 6.72. The van der Waals surface area contributed by atoms with Crippen molar-refractivity contribution in [3.8, 4) is 12.1 Å². The van der Waals surface area contributed by atoms with Crippen molar-refractivity contribution in [1.82, 2.24) is 9.55 Å². The van der Waals surface area contributed by atoms with E-state index in [0.717, 1.165) is 5.57 Å². The number of hydrogen-bond donors (Lipinski definition) is 1. The second-order valence-corrected chi connectivity index (χ2v) is 3.02. The van der Waals surface area contributed by atoms with Crippen molar-refractivity contribution in [3.05, 3.63) is 29.9 Å². The molecule has 1 heterocycles. The molecule has 70 valence electrons. The fourth-order valence-corrected chi connectivity index (χ4v) is 1.09. The van der Waals surface area contributed by atoms with Gasteiger partial charge in [0, 0.05) is 12.3 Å². The van der Waals surface area contributed by atoms with Crippen LogP contribution in [0.1, 0.15) is 11.4 Å². The molecule has 0 saturated carbocycles. The zero-order chi connectivity index (χ0) is 10.6. The largest absolute Gasteiger partial charge is 0.317 e. The summed E-state index contributed by atoms with van der Waals surface area (Å²) in [5.74, 6) is 0.547. The Balaban J connectivity index is 3.01. The zero-order valence-electron chi connectivity index (χ0n) is 7.43. The predicted molar refractivity (Wildman–Crippen MR) is 54.7 cm³/mol. The molecule has 0 N–H and O–H groups in total. The molecule has 14 heavy (non-hydrogen) atoms. The number of imidazole rings is 1. The van der Waals surface area contributed by atoms with Gasteiger partial charge in [-0.1, -0.05) is 6.58 Å². The number of aromatic nitrogens is 2. The average molecular weight is 204 g/mol. The highest BCUT2D eigenvalue weighted by atomic mass is 32.1. The Morgan fingerprint density at radius 2 is 2.29 bits per heavy atom. The van der Waals surface area contributed by atoms with Crippen LogP contribution in [0, 0.1) is 22.7 Å². The molecule has 0 atom stereocenters.